The predicted octanol–water partition coefficient (Wildman–Crippen LogP) is 3.70. The summed E-state index contributed by atoms with van der Waals surface area (Å²) in [5, 5.41) is 2.16. The fourth-order valence-electron chi connectivity index (χ4n) is 5.76. The topological polar surface area (TPSA) is 41.4 Å². The van der Waals surface area contributed by atoms with Crippen LogP contribution in [0.1, 0.15) is 40.4 Å². The van der Waals surface area contributed by atoms with Crippen LogP contribution in [0.5, 0.6) is 0 Å². The second-order valence-electron chi connectivity index (χ2n) is 9.82. The van der Waals surface area contributed by atoms with Gasteiger partial charge in [-0.05, 0) is 48.4 Å². The van der Waals surface area contributed by atoms with E-state index in [9.17, 15) is 4.79 Å². The Hall–Kier alpha value is -2.28. The minimum atomic E-state index is 0.221. The van der Waals surface area contributed by atoms with E-state index in [1.165, 1.54) is 10.4 Å². The van der Waals surface area contributed by atoms with Gasteiger partial charge in [0.15, 0.2) is 0 Å². The van der Waals surface area contributed by atoms with Gasteiger partial charge in [0.2, 0.25) is 0 Å². The summed E-state index contributed by atoms with van der Waals surface area (Å²) < 4.78 is 2.03. The zero-order valence-electron chi connectivity index (χ0n) is 18.5. The van der Waals surface area contributed by atoms with Crippen LogP contribution >= 0.6 is 11.3 Å². The molecule has 1 fully saturated rings. The van der Waals surface area contributed by atoms with E-state index in [1.807, 2.05) is 15.9 Å². The van der Waals surface area contributed by atoms with Gasteiger partial charge >= 0.3 is 0 Å². The van der Waals surface area contributed by atoms with Gasteiger partial charge in [0.1, 0.15) is 5.82 Å². The van der Waals surface area contributed by atoms with Crippen LogP contribution in [-0.2, 0) is 39.0 Å². The van der Waals surface area contributed by atoms with Gasteiger partial charge in [-0.2, -0.15) is 0 Å². The van der Waals surface area contributed by atoms with Gasteiger partial charge in [-0.3, -0.25) is 19.2 Å². The van der Waals surface area contributed by atoms with Crippen molar-refractivity contribution in [2.45, 2.75) is 51.9 Å². The average molecular weight is 447 g/mol. The van der Waals surface area contributed by atoms with Crippen LogP contribution in [0, 0.1) is 5.41 Å². The summed E-state index contributed by atoms with van der Waals surface area (Å²) in [5.41, 5.74) is 3.73. The van der Waals surface area contributed by atoms with Gasteiger partial charge in [-0.1, -0.05) is 36.4 Å². The van der Waals surface area contributed by atoms with E-state index in [0.29, 0.717) is 0 Å². The van der Waals surface area contributed by atoms with Gasteiger partial charge in [-0.15, -0.1) is 11.3 Å². The van der Waals surface area contributed by atoms with E-state index < -0.39 is 0 Å². The molecule has 3 aliphatic heterocycles. The lowest BCUT2D eigenvalue weighted by molar-refractivity contribution is 0.0985. The summed E-state index contributed by atoms with van der Waals surface area (Å²) in [7, 11) is 0. The van der Waals surface area contributed by atoms with Crippen LogP contribution in [0.2, 0.25) is 0 Å². The summed E-state index contributed by atoms with van der Waals surface area (Å²) in [6.45, 7) is 6.73. The Bertz CT molecular complexity index is 1150. The number of hydrogen-bond donors (Lipinski definition) is 0. The van der Waals surface area contributed by atoms with Gasteiger partial charge in [0.25, 0.3) is 5.56 Å². The third-order valence-electron chi connectivity index (χ3n) is 7.63. The standard InChI is InChI=1S/C26H30N4OS/c31-25-22-18-29(16-20-5-2-1-3-6-20)11-8-23(22)27-24-15-26(19-30(24)25)9-12-28(13-10-26)17-21-7-4-14-32-21/h1-7,14H,8-13,15-19H2. The molecule has 0 atom stereocenters. The molecular weight excluding hydrogens is 416 g/mol. The number of rotatable bonds is 4. The van der Waals surface area contributed by atoms with Crippen molar-refractivity contribution in [2.75, 3.05) is 19.6 Å². The lowest BCUT2D eigenvalue weighted by Gasteiger charge is -2.38. The summed E-state index contributed by atoms with van der Waals surface area (Å²) in [6, 6.07) is 14.9. The number of aromatic nitrogens is 2. The molecule has 0 unspecified atom stereocenters. The minimum absolute atomic E-state index is 0.221. The molecule has 0 radical (unpaired) electrons. The van der Waals surface area contributed by atoms with Crippen molar-refractivity contribution in [1.82, 2.24) is 19.4 Å². The average Bonchev–Trinajstić information content (AvgIpc) is 3.45. The van der Waals surface area contributed by atoms with Gasteiger partial charge in [-0.25, -0.2) is 4.98 Å². The third kappa shape index (κ3) is 3.85. The van der Waals surface area contributed by atoms with E-state index in [0.717, 1.165) is 88.6 Å². The van der Waals surface area contributed by atoms with Crippen LogP contribution in [0.3, 0.4) is 0 Å². The monoisotopic (exact) mass is 446 g/mol. The minimum Gasteiger partial charge on any atom is -0.298 e. The fraction of sp³-hybridized carbons (Fsp3) is 0.462. The van der Waals surface area contributed by atoms with E-state index in [-0.39, 0.29) is 11.0 Å². The van der Waals surface area contributed by atoms with Crippen molar-refractivity contribution in [3.63, 3.8) is 0 Å². The van der Waals surface area contributed by atoms with Crippen molar-refractivity contribution >= 4 is 11.3 Å². The summed E-state index contributed by atoms with van der Waals surface area (Å²) in [5.74, 6) is 1.04. The molecule has 2 aromatic heterocycles. The molecule has 1 spiro atoms. The molecule has 0 N–H and O–H groups in total. The van der Waals surface area contributed by atoms with Crippen LogP contribution in [0.15, 0.2) is 52.6 Å². The lowest BCUT2D eigenvalue weighted by atomic mass is 9.77. The number of piperidine rings is 1. The molecule has 6 rings (SSSR count). The fourth-order valence-corrected chi connectivity index (χ4v) is 6.51. The van der Waals surface area contributed by atoms with Crippen molar-refractivity contribution in [3.8, 4) is 0 Å². The van der Waals surface area contributed by atoms with Crippen molar-refractivity contribution in [2.24, 2.45) is 5.41 Å². The second-order valence-corrected chi connectivity index (χ2v) is 10.9. The molecular formula is C26H30N4OS. The molecule has 3 aliphatic rings. The van der Waals surface area contributed by atoms with E-state index in [4.69, 9.17) is 4.98 Å². The molecule has 0 amide bonds. The van der Waals surface area contributed by atoms with Gasteiger partial charge in [0, 0.05) is 50.4 Å². The molecule has 32 heavy (non-hydrogen) atoms. The zero-order valence-corrected chi connectivity index (χ0v) is 19.3. The Labute approximate surface area is 193 Å². The quantitative estimate of drug-likeness (QED) is 0.613. The van der Waals surface area contributed by atoms with Crippen LogP contribution < -0.4 is 5.56 Å². The van der Waals surface area contributed by atoms with Crippen LogP contribution in [0.25, 0.3) is 0 Å². The highest BCUT2D eigenvalue weighted by atomic mass is 32.1. The maximum absolute atomic E-state index is 13.5. The number of nitrogens with zero attached hydrogens (tertiary/aromatic N) is 4. The molecule has 0 saturated carbocycles. The first-order valence-corrected chi connectivity index (χ1v) is 12.7. The normalized spacial score (nSPS) is 20.4. The Balaban J connectivity index is 1.16. The van der Waals surface area contributed by atoms with Gasteiger partial charge in [0.05, 0.1) is 11.3 Å². The summed E-state index contributed by atoms with van der Waals surface area (Å²) >= 11 is 1.85. The highest BCUT2D eigenvalue weighted by Crippen LogP contribution is 2.41. The maximum Gasteiger partial charge on any atom is 0.258 e. The highest BCUT2D eigenvalue weighted by Gasteiger charge is 2.42. The van der Waals surface area contributed by atoms with Crippen LogP contribution in [0.4, 0.5) is 0 Å². The molecule has 0 aliphatic carbocycles. The molecule has 0 bridgehead atoms. The maximum atomic E-state index is 13.5. The first-order valence-electron chi connectivity index (χ1n) is 11.8. The highest BCUT2D eigenvalue weighted by molar-refractivity contribution is 7.09. The molecule has 6 heteroatoms. The number of thiophene rings is 1. The summed E-state index contributed by atoms with van der Waals surface area (Å²) in [6.07, 6.45) is 4.17. The lowest BCUT2D eigenvalue weighted by Crippen LogP contribution is -2.41. The third-order valence-corrected chi connectivity index (χ3v) is 8.49. The molecule has 5 heterocycles. The molecule has 5 nitrogen and oxygen atoms in total. The van der Waals surface area contributed by atoms with Crippen molar-refractivity contribution in [3.05, 3.63) is 85.7 Å². The molecule has 1 saturated heterocycles. The smallest absolute Gasteiger partial charge is 0.258 e. The Kier molecular flexibility index (Phi) is 5.24. The molecule has 3 aromatic rings. The Morgan fingerprint density at radius 1 is 0.969 bits per heavy atom. The molecule has 1 aromatic carbocycles. The van der Waals surface area contributed by atoms with E-state index in [1.54, 1.807) is 0 Å². The van der Waals surface area contributed by atoms with Crippen molar-refractivity contribution in [1.29, 1.82) is 0 Å². The van der Waals surface area contributed by atoms with Crippen LogP contribution in [-0.4, -0.2) is 39.0 Å². The number of benzene rings is 1. The van der Waals surface area contributed by atoms with Crippen molar-refractivity contribution < 1.29 is 0 Å². The number of hydrogen-bond acceptors (Lipinski definition) is 5. The first-order chi connectivity index (χ1) is 15.7. The largest absolute Gasteiger partial charge is 0.298 e. The van der Waals surface area contributed by atoms with E-state index in [2.05, 4.69) is 57.6 Å². The Morgan fingerprint density at radius 2 is 1.81 bits per heavy atom. The zero-order chi connectivity index (χ0) is 21.5. The molecule has 166 valence electrons. The predicted molar refractivity (Wildman–Crippen MR) is 128 cm³/mol. The second kappa shape index (κ2) is 8.25. The Morgan fingerprint density at radius 3 is 2.59 bits per heavy atom. The SMILES string of the molecule is O=c1c2c(nc3n1CC1(CCN(Cc4cccs4)CC1)C3)CCN(Cc1ccccc1)C2. The number of fused-ring (bicyclic) bond motifs is 2. The summed E-state index contributed by atoms with van der Waals surface area (Å²) in [4.78, 5) is 25.0. The van der Waals surface area contributed by atoms with E-state index >= 15 is 0 Å². The number of likely N-dealkylation sites (tertiary alicyclic amines) is 1. The first kappa shape index (κ1) is 20.3. The van der Waals surface area contributed by atoms with Gasteiger partial charge < -0.3 is 0 Å².